The smallest absolute Gasteiger partial charge is 0.333 e. The molecule has 0 amide bonds. The van der Waals surface area contributed by atoms with Crippen molar-refractivity contribution in [3.8, 4) is 0 Å². The highest BCUT2D eigenvalue weighted by Crippen LogP contribution is 2.48. The Kier molecular flexibility index (Phi) is 12.7. The van der Waals surface area contributed by atoms with E-state index < -0.39 is 22.0 Å². The van der Waals surface area contributed by atoms with Gasteiger partial charge in [-0.2, -0.15) is 9.42 Å². The summed E-state index contributed by atoms with van der Waals surface area (Å²) in [6.45, 7) is 13.8. The number of sulfonamides is 1. The average Bonchev–Trinajstić information content (AvgIpc) is 3.23. The third-order valence-corrected chi connectivity index (χ3v) is 12.5. The summed E-state index contributed by atoms with van der Waals surface area (Å²) >= 11 is 0. The molecule has 306 valence electrons. The number of carbonyl (C=O) groups excluding carboxylic acids is 2. The van der Waals surface area contributed by atoms with Crippen LogP contribution in [0.5, 0.6) is 0 Å². The summed E-state index contributed by atoms with van der Waals surface area (Å²) in [6, 6.07) is 27.9. The molecule has 1 unspecified atom stereocenters. The molecule has 0 saturated heterocycles. The van der Waals surface area contributed by atoms with Crippen LogP contribution in [0, 0.1) is 0 Å². The Morgan fingerprint density at radius 2 is 1.15 bits per heavy atom. The number of hydrogen-bond donors (Lipinski definition) is 0. The van der Waals surface area contributed by atoms with E-state index in [1.807, 2.05) is 42.5 Å². The highest BCUT2D eigenvalue weighted by atomic mass is 32.2. The molecule has 0 bridgehead atoms. The number of anilines is 2. The molecular formula is C45H49N7O6S. The molecule has 1 aliphatic rings. The number of nitrogens with zero attached hydrogens (tertiary/aromatic N) is 7. The Balaban J connectivity index is 1.22. The van der Waals surface area contributed by atoms with Crippen molar-refractivity contribution in [2.45, 2.75) is 51.1 Å². The number of ether oxygens (including phenoxy) is 2. The number of hydrogen-bond acceptors (Lipinski definition) is 12. The van der Waals surface area contributed by atoms with Crippen molar-refractivity contribution < 1.29 is 27.5 Å². The Morgan fingerprint density at radius 3 is 1.68 bits per heavy atom. The van der Waals surface area contributed by atoms with Gasteiger partial charge in [-0.05, 0) is 81.8 Å². The fraction of sp³-hybridized carbons (Fsp3) is 0.289. The van der Waals surface area contributed by atoms with Crippen LogP contribution < -0.4 is 9.80 Å². The molecule has 0 fully saturated rings. The molecule has 0 aliphatic carbocycles. The lowest BCUT2D eigenvalue weighted by Gasteiger charge is -2.52. The lowest BCUT2D eigenvalue weighted by atomic mass is 9.93. The van der Waals surface area contributed by atoms with E-state index in [9.17, 15) is 18.0 Å². The van der Waals surface area contributed by atoms with Crippen molar-refractivity contribution in [3.63, 3.8) is 0 Å². The average molecular weight is 816 g/mol. The summed E-state index contributed by atoms with van der Waals surface area (Å²) < 4.78 is 38.7. The zero-order valence-corrected chi connectivity index (χ0v) is 35.1. The van der Waals surface area contributed by atoms with E-state index in [1.54, 1.807) is 12.1 Å². The van der Waals surface area contributed by atoms with Crippen LogP contribution in [-0.4, -0.2) is 70.7 Å². The maximum atomic E-state index is 13.7. The van der Waals surface area contributed by atoms with Gasteiger partial charge in [0, 0.05) is 71.3 Å². The third kappa shape index (κ3) is 8.78. The van der Waals surface area contributed by atoms with Crippen LogP contribution in [-0.2, 0) is 29.1 Å². The van der Waals surface area contributed by atoms with Gasteiger partial charge in [0.05, 0.1) is 27.6 Å². The number of esters is 2. The molecule has 0 saturated carbocycles. The summed E-state index contributed by atoms with van der Waals surface area (Å²) in [5.74, 6) is -1.28. The Labute approximate surface area is 345 Å². The van der Waals surface area contributed by atoms with E-state index in [0.717, 1.165) is 44.4 Å². The monoisotopic (exact) mass is 815 g/mol. The summed E-state index contributed by atoms with van der Waals surface area (Å²) in [5.41, 5.74) is 5.01. The minimum Gasteiger partial charge on any atom is -0.461 e. The highest BCUT2D eigenvalue weighted by molar-refractivity contribution is 7.89. The molecule has 1 atom stereocenters. The van der Waals surface area contributed by atoms with Gasteiger partial charge in [-0.1, -0.05) is 62.9 Å². The third-order valence-electron chi connectivity index (χ3n) is 10.6. The summed E-state index contributed by atoms with van der Waals surface area (Å²) in [5, 5.41) is 22.3. The van der Waals surface area contributed by atoms with Crippen molar-refractivity contribution in [2.24, 2.45) is 20.5 Å². The second kappa shape index (κ2) is 17.7. The first-order chi connectivity index (χ1) is 28.2. The summed E-state index contributed by atoms with van der Waals surface area (Å²) in [7, 11) is 0.215. The van der Waals surface area contributed by atoms with E-state index >= 15 is 0 Å². The molecule has 1 aliphatic heterocycles. The van der Waals surface area contributed by atoms with Gasteiger partial charge in [-0.15, -0.1) is 15.3 Å². The quantitative estimate of drug-likeness (QED) is 0.0543. The Bertz CT molecular complexity index is 2560. The molecule has 13 nitrogen and oxygen atoms in total. The predicted octanol–water partition coefficient (Wildman–Crippen LogP) is 10.5. The first-order valence-corrected chi connectivity index (χ1v) is 20.8. The highest BCUT2D eigenvalue weighted by Gasteiger charge is 2.39. The molecule has 0 N–H and O–H groups in total. The van der Waals surface area contributed by atoms with Gasteiger partial charge in [0.25, 0.3) is 0 Å². The van der Waals surface area contributed by atoms with Crippen LogP contribution in [0.3, 0.4) is 0 Å². The minimum atomic E-state index is -4.10. The largest absolute Gasteiger partial charge is 0.461 e. The molecular weight excluding hydrogens is 767 g/mol. The van der Waals surface area contributed by atoms with Gasteiger partial charge in [0.15, 0.2) is 0 Å². The number of carbonyl (C=O) groups is 2. The Hall–Kier alpha value is -6.25. The first-order valence-electron chi connectivity index (χ1n) is 19.3. The maximum absolute atomic E-state index is 13.7. The number of fused-ring (bicyclic) bond motifs is 1. The van der Waals surface area contributed by atoms with Gasteiger partial charge < -0.3 is 19.3 Å². The van der Waals surface area contributed by atoms with Gasteiger partial charge in [-0.25, -0.2) is 18.0 Å². The van der Waals surface area contributed by atoms with Gasteiger partial charge >= 0.3 is 11.9 Å². The first kappa shape index (κ1) is 42.4. The van der Waals surface area contributed by atoms with Crippen molar-refractivity contribution in [1.82, 2.24) is 4.31 Å². The lowest BCUT2D eigenvalue weighted by Crippen LogP contribution is -2.58. The lowest BCUT2D eigenvalue weighted by molar-refractivity contribution is -0.139. The van der Waals surface area contributed by atoms with Gasteiger partial charge in [0.2, 0.25) is 10.0 Å². The van der Waals surface area contributed by atoms with E-state index in [1.165, 1.54) is 37.4 Å². The van der Waals surface area contributed by atoms with Crippen LogP contribution in [0.2, 0.25) is 0 Å². The van der Waals surface area contributed by atoms with E-state index in [-0.39, 0.29) is 48.0 Å². The van der Waals surface area contributed by atoms with Gasteiger partial charge in [-0.3, -0.25) is 0 Å². The SMILES string of the molecule is C=C(C)C(=O)OCCN(CCOC(=O)C(=C)C)S(=O)(=O)c1ccc(/N=N/c2ccc(/N=N/c3ccc4c5c(cccc35)N(C)C(C)(CCC)N4C)c3ccccc23)cc1. The molecule has 59 heavy (non-hydrogen) atoms. The zero-order chi connectivity index (χ0) is 42.5. The van der Waals surface area contributed by atoms with Crippen molar-refractivity contribution in [1.29, 1.82) is 0 Å². The summed E-state index contributed by atoms with van der Waals surface area (Å²) in [4.78, 5) is 28.5. The van der Waals surface area contributed by atoms with Crippen LogP contribution in [0.25, 0.3) is 21.5 Å². The molecule has 0 aromatic heterocycles. The Morgan fingerprint density at radius 1 is 0.678 bits per heavy atom. The van der Waals surface area contributed by atoms with E-state index in [4.69, 9.17) is 19.7 Å². The van der Waals surface area contributed by atoms with Crippen LogP contribution in [0.1, 0.15) is 40.5 Å². The fourth-order valence-corrected chi connectivity index (χ4v) is 8.53. The molecule has 6 rings (SSSR count). The van der Waals surface area contributed by atoms with Crippen molar-refractivity contribution >= 4 is 77.6 Å². The van der Waals surface area contributed by atoms with Crippen LogP contribution >= 0.6 is 0 Å². The minimum absolute atomic E-state index is 0.0288. The molecule has 0 radical (unpaired) electrons. The molecule has 5 aromatic rings. The second-order valence-electron chi connectivity index (χ2n) is 14.7. The number of azo groups is 2. The zero-order valence-electron chi connectivity index (χ0n) is 34.3. The van der Waals surface area contributed by atoms with E-state index in [0.29, 0.717) is 17.1 Å². The van der Waals surface area contributed by atoms with Crippen LogP contribution in [0.15, 0.2) is 141 Å². The van der Waals surface area contributed by atoms with Gasteiger partial charge in [0.1, 0.15) is 18.9 Å². The normalized spacial score (nSPS) is 15.4. The molecule has 0 spiro atoms. The number of benzene rings is 5. The molecule has 14 heteroatoms. The maximum Gasteiger partial charge on any atom is 0.333 e. The van der Waals surface area contributed by atoms with Crippen molar-refractivity contribution in [3.05, 3.63) is 115 Å². The predicted molar refractivity (Wildman–Crippen MR) is 233 cm³/mol. The number of rotatable bonds is 16. The fourth-order valence-electron chi connectivity index (χ4n) is 7.13. The molecule has 5 aromatic carbocycles. The summed E-state index contributed by atoms with van der Waals surface area (Å²) in [6.07, 6.45) is 2.09. The van der Waals surface area contributed by atoms with Crippen LogP contribution in [0.4, 0.5) is 34.1 Å². The second-order valence-corrected chi connectivity index (χ2v) is 16.6. The van der Waals surface area contributed by atoms with E-state index in [2.05, 4.69) is 85.4 Å². The standard InChI is InChI=1S/C45H49N7O6S/c1-9-25-45(6)50(7)40-16-12-15-36-39(23-24-41(42(36)40)51(45)8)49-48-38-22-21-37(34-13-10-11-14-35(34)38)47-46-32-17-19-33(20-18-32)59(55,56)52(26-28-57-43(53)30(2)3)27-29-58-44(54)31(4)5/h10-24H,2,4,9,25-29H2,1,3,5-8H3/b47-46+,49-48+. The van der Waals surface area contributed by atoms with Crippen molar-refractivity contribution in [2.75, 3.05) is 50.2 Å². The molecule has 1 heterocycles. The topological polar surface area (TPSA) is 146 Å².